The average molecular weight is 364 g/mol. The number of amides is 1. The summed E-state index contributed by atoms with van der Waals surface area (Å²) in [6, 6.07) is 4.44. The van der Waals surface area contributed by atoms with Crippen LogP contribution in [0.4, 0.5) is 15.9 Å². The smallest absolute Gasteiger partial charge is 0.343 e. The summed E-state index contributed by atoms with van der Waals surface area (Å²) in [5.74, 6) is -1.35. The summed E-state index contributed by atoms with van der Waals surface area (Å²) in [4.78, 5) is 31.5. The Hall–Kier alpha value is -2.68. The molecule has 0 saturated heterocycles. The predicted octanol–water partition coefficient (Wildman–Crippen LogP) is 2.41. The molecule has 0 bridgehead atoms. The molecular weight excluding hydrogens is 347 g/mol. The van der Waals surface area contributed by atoms with E-state index in [1.807, 2.05) is 0 Å². The number of nitrogens with two attached hydrogens (primary N) is 1. The lowest BCUT2D eigenvalue weighted by Crippen LogP contribution is -2.15. The number of carbonyl (C=O) groups is 2. The second-order valence-corrected chi connectivity index (χ2v) is 5.92. The second kappa shape index (κ2) is 8.43. The summed E-state index contributed by atoms with van der Waals surface area (Å²) < 4.78 is 18.3. The van der Waals surface area contributed by atoms with Crippen molar-refractivity contribution in [2.24, 2.45) is 0 Å². The maximum atomic E-state index is 13.5. The van der Waals surface area contributed by atoms with Gasteiger partial charge in [-0.3, -0.25) is 4.79 Å². The Balaban J connectivity index is 1.94. The zero-order valence-electron chi connectivity index (χ0n) is 13.7. The number of benzene rings is 1. The van der Waals surface area contributed by atoms with Crippen molar-refractivity contribution < 1.29 is 18.7 Å². The number of aromatic nitrogens is 2. The molecule has 0 fully saturated rings. The number of hydrogen-bond donors (Lipinski definition) is 2. The molecule has 0 radical (unpaired) electrons. The van der Waals surface area contributed by atoms with Gasteiger partial charge in [0, 0.05) is 11.9 Å². The summed E-state index contributed by atoms with van der Waals surface area (Å²) in [6.07, 6.45) is 1.26. The molecule has 2 rings (SSSR count). The van der Waals surface area contributed by atoms with Gasteiger partial charge in [0.1, 0.15) is 17.2 Å². The van der Waals surface area contributed by atoms with E-state index in [2.05, 4.69) is 15.3 Å². The molecule has 2 aromatic rings. The minimum absolute atomic E-state index is 0.00763. The average Bonchev–Trinajstić information content (AvgIpc) is 2.56. The van der Waals surface area contributed by atoms with Gasteiger partial charge < -0.3 is 15.8 Å². The van der Waals surface area contributed by atoms with Crippen molar-refractivity contribution in [3.05, 3.63) is 41.3 Å². The summed E-state index contributed by atoms with van der Waals surface area (Å²) in [6.45, 7) is 3.53. The number of thioether (sulfide) groups is 1. The Kier molecular flexibility index (Phi) is 6.29. The predicted molar refractivity (Wildman–Crippen MR) is 92.9 cm³/mol. The zero-order valence-corrected chi connectivity index (χ0v) is 14.5. The quantitative estimate of drug-likeness (QED) is 0.460. The molecule has 7 nitrogen and oxygen atoms in total. The van der Waals surface area contributed by atoms with Crippen molar-refractivity contribution in [3.63, 3.8) is 0 Å². The van der Waals surface area contributed by atoms with Gasteiger partial charge in [-0.15, -0.1) is 0 Å². The van der Waals surface area contributed by atoms with Crippen molar-refractivity contribution >= 4 is 35.1 Å². The van der Waals surface area contributed by atoms with E-state index >= 15 is 0 Å². The minimum Gasteiger partial charge on any atom is -0.462 e. The molecular formula is C16H17FN4O3S. The third-order valence-electron chi connectivity index (χ3n) is 3.08. The summed E-state index contributed by atoms with van der Waals surface area (Å²) in [5, 5.41) is 2.83. The van der Waals surface area contributed by atoms with Crippen molar-refractivity contribution in [2.75, 3.05) is 23.4 Å². The van der Waals surface area contributed by atoms with Crippen LogP contribution >= 0.6 is 11.8 Å². The number of anilines is 2. The number of nitrogens with zero attached hydrogens (tertiary/aromatic N) is 2. The van der Waals surface area contributed by atoms with Crippen molar-refractivity contribution in [1.29, 1.82) is 0 Å². The van der Waals surface area contributed by atoms with E-state index in [-0.39, 0.29) is 34.8 Å². The van der Waals surface area contributed by atoms with Gasteiger partial charge in [-0.05, 0) is 31.5 Å². The first-order valence-corrected chi connectivity index (χ1v) is 8.37. The van der Waals surface area contributed by atoms with Gasteiger partial charge in [0.2, 0.25) is 5.91 Å². The van der Waals surface area contributed by atoms with Gasteiger partial charge >= 0.3 is 5.97 Å². The van der Waals surface area contributed by atoms with Gasteiger partial charge in [0.25, 0.3) is 0 Å². The molecule has 0 atom stereocenters. The third kappa shape index (κ3) is 5.15. The van der Waals surface area contributed by atoms with Gasteiger partial charge in [0.05, 0.1) is 12.4 Å². The molecule has 1 aromatic carbocycles. The van der Waals surface area contributed by atoms with E-state index < -0.39 is 11.8 Å². The lowest BCUT2D eigenvalue weighted by atomic mass is 10.2. The maximum absolute atomic E-state index is 13.5. The molecule has 1 heterocycles. The van der Waals surface area contributed by atoms with Gasteiger partial charge in [-0.1, -0.05) is 17.8 Å². The van der Waals surface area contributed by atoms with Crippen molar-refractivity contribution in [1.82, 2.24) is 9.97 Å². The Labute approximate surface area is 148 Å². The molecule has 3 N–H and O–H groups in total. The van der Waals surface area contributed by atoms with E-state index in [0.29, 0.717) is 11.3 Å². The molecule has 25 heavy (non-hydrogen) atoms. The first kappa shape index (κ1) is 18.7. The molecule has 9 heteroatoms. The zero-order chi connectivity index (χ0) is 18.4. The normalized spacial score (nSPS) is 10.4. The molecule has 0 spiro atoms. The van der Waals surface area contributed by atoms with Crippen LogP contribution in [-0.4, -0.2) is 34.2 Å². The fourth-order valence-electron chi connectivity index (χ4n) is 1.81. The number of hydrogen-bond acceptors (Lipinski definition) is 7. The number of rotatable bonds is 6. The minimum atomic E-state index is -0.601. The highest BCUT2D eigenvalue weighted by molar-refractivity contribution is 7.99. The fraction of sp³-hybridized carbons (Fsp3) is 0.250. The maximum Gasteiger partial charge on any atom is 0.343 e. The number of nitrogen functional groups attached to an aromatic ring is 1. The number of carbonyl (C=O) groups excluding carboxylic acids is 2. The van der Waals surface area contributed by atoms with E-state index in [9.17, 15) is 14.0 Å². The summed E-state index contributed by atoms with van der Waals surface area (Å²) >= 11 is 1.04. The van der Waals surface area contributed by atoms with Crippen LogP contribution in [-0.2, 0) is 9.53 Å². The molecule has 0 unspecified atom stereocenters. The number of aryl methyl sites for hydroxylation is 1. The monoisotopic (exact) mass is 364 g/mol. The first-order valence-electron chi connectivity index (χ1n) is 7.39. The van der Waals surface area contributed by atoms with Crippen LogP contribution in [0.15, 0.2) is 29.6 Å². The van der Waals surface area contributed by atoms with Crippen LogP contribution in [0, 0.1) is 12.7 Å². The highest BCUT2D eigenvalue weighted by Gasteiger charge is 2.14. The van der Waals surface area contributed by atoms with Crippen LogP contribution in [0.3, 0.4) is 0 Å². The van der Waals surface area contributed by atoms with Crippen molar-refractivity contribution in [2.45, 2.75) is 19.0 Å². The first-order chi connectivity index (χ1) is 11.9. The Morgan fingerprint density at radius 1 is 1.40 bits per heavy atom. The van der Waals surface area contributed by atoms with Gasteiger partial charge in [0.15, 0.2) is 5.16 Å². The topological polar surface area (TPSA) is 107 Å². The molecule has 1 amide bonds. The largest absolute Gasteiger partial charge is 0.462 e. The molecule has 1 aromatic heterocycles. The highest BCUT2D eigenvalue weighted by atomic mass is 32.2. The fourth-order valence-corrected chi connectivity index (χ4v) is 2.43. The van der Waals surface area contributed by atoms with Crippen LogP contribution in [0.2, 0.25) is 0 Å². The van der Waals surface area contributed by atoms with Crippen LogP contribution < -0.4 is 11.1 Å². The lowest BCUT2D eigenvalue weighted by Gasteiger charge is -2.07. The summed E-state index contributed by atoms with van der Waals surface area (Å²) in [5.41, 5.74) is 6.65. The van der Waals surface area contributed by atoms with Crippen LogP contribution in [0.1, 0.15) is 22.8 Å². The van der Waals surface area contributed by atoms with Crippen molar-refractivity contribution in [3.8, 4) is 0 Å². The molecule has 0 aliphatic heterocycles. The third-order valence-corrected chi connectivity index (χ3v) is 3.94. The lowest BCUT2D eigenvalue weighted by molar-refractivity contribution is -0.113. The van der Waals surface area contributed by atoms with E-state index in [4.69, 9.17) is 10.5 Å². The Bertz CT molecular complexity index is 801. The molecule has 0 aliphatic rings. The SMILES string of the molecule is CCOC(=O)c1cnc(SCC(=O)Nc2ccc(C)c(F)c2)nc1N. The van der Waals surface area contributed by atoms with Crippen LogP contribution in [0.25, 0.3) is 0 Å². The van der Waals surface area contributed by atoms with Gasteiger partial charge in [-0.25, -0.2) is 19.2 Å². The molecule has 0 aliphatic carbocycles. The van der Waals surface area contributed by atoms with Crippen LogP contribution in [0.5, 0.6) is 0 Å². The van der Waals surface area contributed by atoms with E-state index in [1.54, 1.807) is 26.0 Å². The molecule has 132 valence electrons. The standard InChI is InChI=1S/C16H17FN4O3S/c1-3-24-15(23)11-7-19-16(21-14(11)18)25-8-13(22)20-10-5-4-9(2)12(17)6-10/h4-7H,3,8H2,1-2H3,(H,20,22)(H2,18,19,21). The van der Waals surface area contributed by atoms with E-state index in [1.165, 1.54) is 12.3 Å². The highest BCUT2D eigenvalue weighted by Crippen LogP contribution is 2.18. The Morgan fingerprint density at radius 2 is 2.16 bits per heavy atom. The van der Waals surface area contributed by atoms with E-state index in [0.717, 1.165) is 11.8 Å². The van der Waals surface area contributed by atoms with Gasteiger partial charge in [-0.2, -0.15) is 0 Å². The second-order valence-electron chi connectivity index (χ2n) is 4.97. The number of ether oxygens (including phenoxy) is 1. The molecule has 0 saturated carbocycles. The number of nitrogens with one attached hydrogen (secondary N) is 1. The Morgan fingerprint density at radius 3 is 2.80 bits per heavy atom. The number of halogens is 1. The summed E-state index contributed by atoms with van der Waals surface area (Å²) in [7, 11) is 0. The number of esters is 1.